The van der Waals surface area contributed by atoms with E-state index in [-0.39, 0.29) is 0 Å². The van der Waals surface area contributed by atoms with Gasteiger partial charge in [-0.15, -0.1) is 0 Å². The highest BCUT2D eigenvalue weighted by Crippen LogP contribution is 2.19. The number of carboxylic acid groups (broad SMARTS) is 1. The van der Waals surface area contributed by atoms with Gasteiger partial charge < -0.3 is 9.84 Å². The predicted molar refractivity (Wildman–Crippen MR) is 51.3 cm³/mol. The molecule has 0 amide bonds. The van der Waals surface area contributed by atoms with Gasteiger partial charge in [0, 0.05) is 6.20 Å². The van der Waals surface area contributed by atoms with Crippen LogP contribution < -0.4 is 4.74 Å². The number of rotatable bonds is 4. The van der Waals surface area contributed by atoms with E-state index in [2.05, 4.69) is 4.98 Å². The number of nitrogens with zero attached hydrogens (tertiary/aromatic N) is 1. The maximum absolute atomic E-state index is 10.6. The summed E-state index contributed by atoms with van der Waals surface area (Å²) in [6, 6.07) is 1.78. The van der Waals surface area contributed by atoms with Crippen LogP contribution in [0.2, 0.25) is 0 Å². The van der Waals surface area contributed by atoms with Crippen LogP contribution in [0.25, 0.3) is 0 Å². The summed E-state index contributed by atoms with van der Waals surface area (Å²) in [5, 5.41) is 8.75. The number of ether oxygens (including phenoxy) is 1. The molecule has 0 aliphatic rings. The van der Waals surface area contributed by atoms with Gasteiger partial charge in [-0.05, 0) is 18.1 Å². The van der Waals surface area contributed by atoms with E-state index in [0.29, 0.717) is 12.2 Å². The summed E-state index contributed by atoms with van der Waals surface area (Å²) in [7, 11) is 1.55. The number of carboxylic acids is 1. The van der Waals surface area contributed by atoms with E-state index in [1.54, 1.807) is 32.5 Å². The summed E-state index contributed by atoms with van der Waals surface area (Å²) >= 11 is 0. The van der Waals surface area contributed by atoms with Crippen molar-refractivity contribution in [3.05, 3.63) is 24.0 Å². The van der Waals surface area contributed by atoms with Crippen LogP contribution in [0.1, 0.15) is 12.5 Å². The Labute approximate surface area is 82.5 Å². The molecule has 4 nitrogen and oxygen atoms in total. The van der Waals surface area contributed by atoms with Gasteiger partial charge in [0.1, 0.15) is 5.75 Å². The molecule has 0 aromatic carbocycles. The van der Waals surface area contributed by atoms with Crippen LogP contribution in [0.5, 0.6) is 5.75 Å². The van der Waals surface area contributed by atoms with Crippen LogP contribution in [-0.2, 0) is 11.2 Å². The molecule has 0 fully saturated rings. The van der Waals surface area contributed by atoms with E-state index in [1.165, 1.54) is 0 Å². The second-order valence-corrected chi connectivity index (χ2v) is 3.13. The topological polar surface area (TPSA) is 59.4 Å². The fourth-order valence-electron chi connectivity index (χ4n) is 1.18. The van der Waals surface area contributed by atoms with Crippen molar-refractivity contribution in [2.45, 2.75) is 13.3 Å². The largest absolute Gasteiger partial charge is 0.495 e. The lowest BCUT2D eigenvalue weighted by Crippen LogP contribution is -2.12. The Bertz CT molecular complexity index is 325. The summed E-state index contributed by atoms with van der Waals surface area (Å²) in [6.45, 7) is 1.67. The van der Waals surface area contributed by atoms with Gasteiger partial charge in [0.2, 0.25) is 0 Å². The molecule has 1 unspecified atom stereocenters. The average Bonchev–Trinajstić information content (AvgIpc) is 2.18. The Kier molecular flexibility index (Phi) is 3.45. The Morgan fingerprint density at radius 1 is 1.71 bits per heavy atom. The molecular formula is C10H13NO3. The zero-order valence-electron chi connectivity index (χ0n) is 8.23. The molecule has 1 aromatic rings. The van der Waals surface area contributed by atoms with Gasteiger partial charge in [0.15, 0.2) is 0 Å². The van der Waals surface area contributed by atoms with Gasteiger partial charge in [-0.2, -0.15) is 0 Å². The lowest BCUT2D eigenvalue weighted by molar-refractivity contribution is -0.141. The first-order valence-electron chi connectivity index (χ1n) is 4.35. The first-order valence-corrected chi connectivity index (χ1v) is 4.35. The molecule has 1 atom stereocenters. The number of pyridine rings is 1. The molecule has 1 aromatic heterocycles. The Morgan fingerprint density at radius 2 is 2.43 bits per heavy atom. The van der Waals surface area contributed by atoms with E-state index >= 15 is 0 Å². The number of methoxy groups -OCH3 is 1. The van der Waals surface area contributed by atoms with Gasteiger partial charge in [-0.1, -0.05) is 6.92 Å². The number of aliphatic carboxylic acids is 1. The number of hydrogen-bond donors (Lipinski definition) is 1. The van der Waals surface area contributed by atoms with Crippen molar-refractivity contribution in [2.75, 3.05) is 7.11 Å². The fourth-order valence-corrected chi connectivity index (χ4v) is 1.18. The van der Waals surface area contributed by atoms with Gasteiger partial charge in [-0.25, -0.2) is 0 Å². The summed E-state index contributed by atoms with van der Waals surface area (Å²) in [5.41, 5.74) is 0.873. The van der Waals surface area contributed by atoms with E-state index in [0.717, 1.165) is 5.56 Å². The monoisotopic (exact) mass is 195 g/mol. The minimum absolute atomic E-state index is 0.411. The quantitative estimate of drug-likeness (QED) is 0.787. The molecule has 0 saturated carbocycles. The minimum atomic E-state index is -0.802. The van der Waals surface area contributed by atoms with E-state index in [9.17, 15) is 4.79 Å². The molecule has 1 N–H and O–H groups in total. The molecule has 0 spiro atoms. The van der Waals surface area contributed by atoms with E-state index in [1.807, 2.05) is 0 Å². The third-order valence-electron chi connectivity index (χ3n) is 2.04. The van der Waals surface area contributed by atoms with Crippen molar-refractivity contribution >= 4 is 5.97 Å². The van der Waals surface area contributed by atoms with Crippen LogP contribution in [0.3, 0.4) is 0 Å². The highest BCUT2D eigenvalue weighted by Gasteiger charge is 2.14. The SMILES string of the molecule is COc1cnccc1CC(C)C(=O)O. The molecule has 1 rings (SSSR count). The van der Waals surface area contributed by atoms with Crippen molar-refractivity contribution in [2.24, 2.45) is 5.92 Å². The van der Waals surface area contributed by atoms with Crippen molar-refractivity contribution in [1.29, 1.82) is 0 Å². The second-order valence-electron chi connectivity index (χ2n) is 3.13. The molecule has 0 saturated heterocycles. The third kappa shape index (κ3) is 2.45. The Morgan fingerprint density at radius 3 is 3.00 bits per heavy atom. The fraction of sp³-hybridized carbons (Fsp3) is 0.400. The normalized spacial score (nSPS) is 12.1. The zero-order chi connectivity index (χ0) is 10.6. The maximum Gasteiger partial charge on any atom is 0.306 e. The Balaban J connectivity index is 2.80. The van der Waals surface area contributed by atoms with Crippen LogP contribution in [0.15, 0.2) is 18.5 Å². The van der Waals surface area contributed by atoms with E-state index in [4.69, 9.17) is 9.84 Å². The lowest BCUT2D eigenvalue weighted by atomic mass is 10.0. The molecule has 0 aliphatic carbocycles. The highest BCUT2D eigenvalue weighted by atomic mass is 16.5. The van der Waals surface area contributed by atoms with Crippen molar-refractivity contribution in [3.8, 4) is 5.75 Å². The van der Waals surface area contributed by atoms with Crippen LogP contribution >= 0.6 is 0 Å². The highest BCUT2D eigenvalue weighted by molar-refractivity contribution is 5.70. The molecule has 0 radical (unpaired) electrons. The van der Waals surface area contributed by atoms with Crippen LogP contribution in [0.4, 0.5) is 0 Å². The van der Waals surface area contributed by atoms with Gasteiger partial charge in [-0.3, -0.25) is 9.78 Å². The minimum Gasteiger partial charge on any atom is -0.495 e. The first-order chi connectivity index (χ1) is 6.65. The van der Waals surface area contributed by atoms with Crippen molar-refractivity contribution < 1.29 is 14.6 Å². The first kappa shape index (κ1) is 10.5. The molecule has 14 heavy (non-hydrogen) atoms. The van der Waals surface area contributed by atoms with E-state index < -0.39 is 11.9 Å². The van der Waals surface area contributed by atoms with Gasteiger partial charge in [0.05, 0.1) is 19.2 Å². The predicted octanol–water partition coefficient (Wildman–Crippen LogP) is 1.35. The Hall–Kier alpha value is -1.58. The molecule has 0 aliphatic heterocycles. The average molecular weight is 195 g/mol. The number of hydrogen-bond acceptors (Lipinski definition) is 3. The molecule has 1 heterocycles. The number of carbonyl (C=O) groups is 1. The van der Waals surface area contributed by atoms with Crippen molar-refractivity contribution in [3.63, 3.8) is 0 Å². The van der Waals surface area contributed by atoms with Crippen LogP contribution in [-0.4, -0.2) is 23.2 Å². The molecule has 76 valence electrons. The molecule has 0 bridgehead atoms. The maximum atomic E-state index is 10.6. The zero-order valence-corrected chi connectivity index (χ0v) is 8.23. The third-order valence-corrected chi connectivity index (χ3v) is 2.04. The lowest BCUT2D eigenvalue weighted by Gasteiger charge is -2.09. The summed E-state index contributed by atoms with van der Waals surface area (Å²) in [5.74, 6) is -0.573. The molecular weight excluding hydrogens is 182 g/mol. The summed E-state index contributed by atoms with van der Waals surface area (Å²) in [4.78, 5) is 14.5. The second kappa shape index (κ2) is 4.60. The van der Waals surface area contributed by atoms with Gasteiger partial charge in [0.25, 0.3) is 0 Å². The standard InChI is InChI=1S/C10H13NO3/c1-7(10(12)13)5-8-3-4-11-6-9(8)14-2/h3-4,6-7H,5H2,1-2H3,(H,12,13). The van der Waals surface area contributed by atoms with Crippen molar-refractivity contribution in [1.82, 2.24) is 4.98 Å². The number of aromatic nitrogens is 1. The summed E-state index contributed by atoms with van der Waals surface area (Å²) < 4.78 is 5.07. The van der Waals surface area contributed by atoms with Gasteiger partial charge >= 0.3 is 5.97 Å². The van der Waals surface area contributed by atoms with Crippen LogP contribution in [0, 0.1) is 5.92 Å². The summed E-state index contributed by atoms with van der Waals surface area (Å²) in [6.07, 6.45) is 3.68. The molecule has 4 heteroatoms. The smallest absolute Gasteiger partial charge is 0.306 e.